The molecule has 1 N–H and O–H groups in total. The van der Waals surface area contributed by atoms with E-state index in [2.05, 4.69) is 72.7 Å². The van der Waals surface area contributed by atoms with Gasteiger partial charge in [-0.1, -0.05) is 93.0 Å². The van der Waals surface area contributed by atoms with Crippen molar-refractivity contribution in [3.05, 3.63) is 45.8 Å². The third-order valence-corrected chi connectivity index (χ3v) is 18.6. The smallest absolute Gasteiger partial charge is 0.312 e. The molecule has 5 aliphatic carbocycles. The van der Waals surface area contributed by atoms with Gasteiger partial charge in [0.05, 0.1) is 24.7 Å². The van der Waals surface area contributed by atoms with Crippen molar-refractivity contribution in [3.63, 3.8) is 0 Å². The van der Waals surface area contributed by atoms with Crippen LogP contribution in [0.25, 0.3) is 10.4 Å². The normalized spacial score (nSPS) is 38.4. The van der Waals surface area contributed by atoms with E-state index in [4.69, 9.17) is 21.7 Å². The SMILES string of the molecule is CC1(C)CC[C@]2(C(=O)OCCCCOc3ccc(-c4cc(=S)ss4)cc3)CC[C@]3(C)C(=CC[C@@H]4[C@@]5(C)CC[C@H](O)C(C)(C)[C@@H]5CC[C@]43C)[C@@H]2C1. The molecular formula is C43H60O4S3. The first-order valence-corrected chi connectivity index (χ1v) is 22.0. The number of hydrogen-bond acceptors (Lipinski definition) is 7. The van der Waals surface area contributed by atoms with Crippen molar-refractivity contribution >= 4 is 38.9 Å². The van der Waals surface area contributed by atoms with Gasteiger partial charge < -0.3 is 14.6 Å². The predicted molar refractivity (Wildman–Crippen MR) is 209 cm³/mol. The van der Waals surface area contributed by atoms with E-state index in [1.54, 1.807) is 26.3 Å². The third kappa shape index (κ3) is 5.91. The minimum atomic E-state index is -0.407. The van der Waals surface area contributed by atoms with Crippen LogP contribution in [0.5, 0.6) is 5.75 Å². The van der Waals surface area contributed by atoms with Gasteiger partial charge in [-0.25, -0.2) is 0 Å². The lowest BCUT2D eigenvalue weighted by molar-refractivity contribution is -0.206. The number of hydrogen-bond donors (Lipinski definition) is 1. The van der Waals surface area contributed by atoms with Crippen LogP contribution in [0.15, 0.2) is 42.0 Å². The van der Waals surface area contributed by atoms with Crippen LogP contribution in [0.4, 0.5) is 0 Å². The molecule has 5 aliphatic rings. The summed E-state index contributed by atoms with van der Waals surface area (Å²) < 4.78 is 13.2. The summed E-state index contributed by atoms with van der Waals surface area (Å²) in [6.45, 7) is 18.3. The minimum absolute atomic E-state index is 0.0449. The van der Waals surface area contributed by atoms with E-state index in [1.165, 1.54) is 23.3 Å². The van der Waals surface area contributed by atoms with Crippen molar-refractivity contribution in [1.29, 1.82) is 0 Å². The summed E-state index contributed by atoms with van der Waals surface area (Å²) in [6.07, 6.45) is 14.7. The van der Waals surface area contributed by atoms with Crippen LogP contribution in [-0.4, -0.2) is 30.4 Å². The van der Waals surface area contributed by atoms with Crippen molar-refractivity contribution in [2.75, 3.05) is 13.2 Å². The first-order chi connectivity index (χ1) is 23.6. The van der Waals surface area contributed by atoms with Gasteiger partial charge in [-0.05, 0) is 158 Å². The number of carbonyl (C=O) groups is 1. The minimum Gasteiger partial charge on any atom is -0.494 e. The fraction of sp³-hybridized carbons (Fsp3) is 0.721. The van der Waals surface area contributed by atoms with Gasteiger partial charge in [0, 0.05) is 4.88 Å². The molecule has 1 heterocycles. The molecule has 1 aromatic heterocycles. The summed E-state index contributed by atoms with van der Waals surface area (Å²) in [5.74, 6) is 2.33. The van der Waals surface area contributed by atoms with Crippen LogP contribution in [0.3, 0.4) is 0 Å². The predicted octanol–water partition coefficient (Wildman–Crippen LogP) is 12.1. The average molecular weight is 737 g/mol. The molecule has 0 amide bonds. The lowest BCUT2D eigenvalue weighted by Crippen LogP contribution is -2.65. The molecule has 2 aromatic rings. The molecule has 0 radical (unpaired) electrons. The number of rotatable bonds is 8. The van der Waals surface area contributed by atoms with Gasteiger partial charge in [-0.3, -0.25) is 4.79 Å². The first kappa shape index (κ1) is 36.8. The molecule has 0 unspecified atom stereocenters. The van der Waals surface area contributed by atoms with E-state index in [-0.39, 0.29) is 45.1 Å². The van der Waals surface area contributed by atoms with E-state index in [1.807, 2.05) is 12.1 Å². The summed E-state index contributed by atoms with van der Waals surface area (Å²) in [4.78, 5) is 15.5. The standard InChI is InChI=1S/C43H60O4S3/c1-38(2)20-22-43(37(45)47-25-9-8-24-46-29-12-10-28(11-13-29)32-26-36(48)50-49-32)23-21-41(6)30(31(43)27-38)14-15-34-40(5)18-17-35(44)39(3,4)33(40)16-19-42(34,41)7/h10-14,26,31,33-35,44H,8-9,15-25,27H2,1-7H3/t31-,33-,34+,35-,40-,41+,42+,43-/m0/s1. The zero-order valence-corrected chi connectivity index (χ0v) is 34.0. The van der Waals surface area contributed by atoms with Crippen molar-refractivity contribution in [2.45, 2.75) is 132 Å². The number of esters is 1. The van der Waals surface area contributed by atoms with Crippen molar-refractivity contribution in [2.24, 2.45) is 50.2 Å². The highest BCUT2D eigenvalue weighted by molar-refractivity contribution is 7.80. The second-order valence-corrected chi connectivity index (χ2v) is 21.9. The summed E-state index contributed by atoms with van der Waals surface area (Å²) in [6, 6.07) is 10.3. The van der Waals surface area contributed by atoms with E-state index in [0.717, 1.165) is 73.8 Å². The van der Waals surface area contributed by atoms with Crippen LogP contribution in [0.2, 0.25) is 0 Å². The number of benzene rings is 1. The Morgan fingerprint density at radius 3 is 2.32 bits per heavy atom. The number of carbonyl (C=O) groups excluding carboxylic acids is 1. The molecule has 0 bridgehead atoms. The van der Waals surface area contributed by atoms with E-state index < -0.39 is 5.41 Å². The molecule has 4 fully saturated rings. The zero-order chi connectivity index (χ0) is 35.7. The Bertz CT molecular complexity index is 1670. The van der Waals surface area contributed by atoms with Crippen molar-refractivity contribution < 1.29 is 19.4 Å². The van der Waals surface area contributed by atoms with Crippen molar-refractivity contribution in [1.82, 2.24) is 0 Å². The molecule has 50 heavy (non-hydrogen) atoms. The van der Waals surface area contributed by atoms with Gasteiger partial charge in [-0.2, -0.15) is 0 Å². The van der Waals surface area contributed by atoms with Gasteiger partial charge in [0.25, 0.3) is 0 Å². The Morgan fingerprint density at radius 1 is 0.880 bits per heavy atom. The number of aliphatic hydroxyl groups is 1. The molecule has 0 saturated heterocycles. The number of allylic oxidation sites excluding steroid dienone is 2. The van der Waals surface area contributed by atoms with Crippen LogP contribution in [0, 0.1) is 54.1 Å². The topological polar surface area (TPSA) is 55.8 Å². The third-order valence-electron chi connectivity index (χ3n) is 15.7. The number of ether oxygens (including phenoxy) is 2. The van der Waals surface area contributed by atoms with Crippen LogP contribution in [0.1, 0.15) is 126 Å². The number of aliphatic hydroxyl groups excluding tert-OH is 1. The Morgan fingerprint density at radius 2 is 1.60 bits per heavy atom. The van der Waals surface area contributed by atoms with Gasteiger partial charge in [0.2, 0.25) is 0 Å². The Kier molecular flexibility index (Phi) is 9.64. The van der Waals surface area contributed by atoms with Gasteiger partial charge in [0.1, 0.15) is 9.57 Å². The molecule has 7 rings (SSSR count). The van der Waals surface area contributed by atoms with E-state index >= 15 is 0 Å². The number of fused-ring (bicyclic) bond motifs is 7. The molecule has 8 atom stereocenters. The fourth-order valence-electron chi connectivity index (χ4n) is 12.4. The molecule has 0 spiro atoms. The molecule has 7 heteroatoms. The highest BCUT2D eigenvalue weighted by atomic mass is 32.9. The number of unbranched alkanes of at least 4 members (excludes halogenated alkanes) is 1. The van der Waals surface area contributed by atoms with E-state index in [0.29, 0.717) is 25.0 Å². The largest absolute Gasteiger partial charge is 0.494 e. The van der Waals surface area contributed by atoms with Gasteiger partial charge in [0.15, 0.2) is 0 Å². The Balaban J connectivity index is 1.02. The maximum atomic E-state index is 14.3. The molecular weight excluding hydrogens is 677 g/mol. The second kappa shape index (κ2) is 13.1. The fourth-order valence-corrected chi connectivity index (χ4v) is 14.8. The zero-order valence-electron chi connectivity index (χ0n) is 31.6. The van der Waals surface area contributed by atoms with Gasteiger partial charge >= 0.3 is 5.97 Å². The quantitative estimate of drug-likeness (QED) is 0.0961. The van der Waals surface area contributed by atoms with Crippen LogP contribution in [-0.2, 0) is 9.53 Å². The highest BCUT2D eigenvalue weighted by Crippen LogP contribution is 2.75. The molecule has 4 saturated carbocycles. The Labute approximate surface area is 313 Å². The maximum Gasteiger partial charge on any atom is 0.312 e. The van der Waals surface area contributed by atoms with Crippen LogP contribution < -0.4 is 4.74 Å². The van der Waals surface area contributed by atoms with Gasteiger partial charge in [-0.15, -0.1) is 0 Å². The monoisotopic (exact) mass is 736 g/mol. The lowest BCUT2D eigenvalue weighted by atomic mass is 9.33. The first-order valence-electron chi connectivity index (χ1n) is 19.5. The second-order valence-electron chi connectivity index (χ2n) is 19.0. The molecule has 4 nitrogen and oxygen atoms in total. The average Bonchev–Trinajstić information content (AvgIpc) is 3.51. The summed E-state index contributed by atoms with van der Waals surface area (Å²) in [5, 5.41) is 11.1. The molecule has 274 valence electrons. The maximum absolute atomic E-state index is 14.3. The van der Waals surface area contributed by atoms with Crippen molar-refractivity contribution in [3.8, 4) is 16.2 Å². The highest BCUT2D eigenvalue weighted by Gasteiger charge is 2.69. The summed E-state index contributed by atoms with van der Waals surface area (Å²) in [7, 11) is 3.34. The van der Waals surface area contributed by atoms with E-state index in [9.17, 15) is 9.90 Å². The summed E-state index contributed by atoms with van der Waals surface area (Å²) >= 11 is 5.28. The van der Waals surface area contributed by atoms with Crippen LogP contribution >= 0.6 is 32.9 Å². The molecule has 1 aromatic carbocycles. The lowest BCUT2D eigenvalue weighted by Gasteiger charge is -2.71. The Hall–Kier alpha value is -1.54. The molecule has 0 aliphatic heterocycles. The summed E-state index contributed by atoms with van der Waals surface area (Å²) in [5.41, 5.74) is 3.03.